The molecule has 0 amide bonds. The summed E-state index contributed by atoms with van der Waals surface area (Å²) in [5.74, 6) is 1.03. The average Bonchev–Trinajstić information content (AvgIpc) is 2.36. The molecular formula is C12H17N3. The van der Waals surface area contributed by atoms with Crippen LogP contribution in [0.2, 0.25) is 0 Å². The lowest BCUT2D eigenvalue weighted by molar-refractivity contribution is 0.171. The predicted octanol–water partition coefficient (Wildman–Crippen LogP) is 2.40. The van der Waals surface area contributed by atoms with E-state index >= 15 is 0 Å². The second kappa shape index (κ2) is 3.12. The molecule has 0 atom stereocenters. The zero-order valence-corrected chi connectivity index (χ0v) is 9.14. The van der Waals surface area contributed by atoms with Crippen molar-refractivity contribution in [3.63, 3.8) is 0 Å². The molecule has 0 unspecified atom stereocenters. The topological polar surface area (TPSA) is 37.0 Å². The standard InChI is InChI=1S/C12H17N3/c1-9-3-4-10-11(15-9)14-8-12(7-13-10)5-2-6-12/h3-4,13H,2,5-8H2,1H3,(H,14,15). The van der Waals surface area contributed by atoms with Crippen LogP contribution in [0.5, 0.6) is 0 Å². The molecule has 15 heavy (non-hydrogen) atoms. The Morgan fingerprint density at radius 2 is 2.00 bits per heavy atom. The highest BCUT2D eigenvalue weighted by Gasteiger charge is 2.38. The second-order valence-electron chi connectivity index (χ2n) is 4.91. The quantitative estimate of drug-likeness (QED) is 0.680. The molecule has 2 aliphatic rings. The number of pyridine rings is 1. The molecule has 1 saturated carbocycles. The first-order valence-corrected chi connectivity index (χ1v) is 5.73. The summed E-state index contributed by atoms with van der Waals surface area (Å²) in [5, 5.41) is 7.01. The lowest BCUT2D eigenvalue weighted by Crippen LogP contribution is -2.40. The van der Waals surface area contributed by atoms with Crippen LogP contribution in [0.4, 0.5) is 11.5 Å². The lowest BCUT2D eigenvalue weighted by atomic mass is 9.69. The smallest absolute Gasteiger partial charge is 0.149 e. The normalized spacial score (nSPS) is 21.9. The van der Waals surface area contributed by atoms with Crippen LogP contribution in [0, 0.1) is 12.3 Å². The number of fused-ring (bicyclic) bond motifs is 1. The molecule has 1 spiro atoms. The van der Waals surface area contributed by atoms with Crippen LogP contribution in [0.1, 0.15) is 25.0 Å². The Hall–Kier alpha value is -1.25. The highest BCUT2D eigenvalue weighted by atomic mass is 15.1. The Labute approximate surface area is 90.3 Å². The molecule has 3 nitrogen and oxygen atoms in total. The molecule has 1 fully saturated rings. The number of nitrogens with zero attached hydrogens (tertiary/aromatic N) is 1. The Morgan fingerprint density at radius 3 is 2.73 bits per heavy atom. The van der Waals surface area contributed by atoms with Gasteiger partial charge in [0.1, 0.15) is 5.82 Å². The van der Waals surface area contributed by atoms with Gasteiger partial charge in [0, 0.05) is 24.2 Å². The third kappa shape index (κ3) is 1.46. The van der Waals surface area contributed by atoms with Crippen molar-refractivity contribution in [1.82, 2.24) is 4.98 Å². The van der Waals surface area contributed by atoms with Crippen molar-refractivity contribution in [3.05, 3.63) is 17.8 Å². The molecule has 3 rings (SSSR count). The van der Waals surface area contributed by atoms with Crippen LogP contribution in [-0.2, 0) is 0 Å². The molecule has 1 aromatic rings. The van der Waals surface area contributed by atoms with E-state index in [1.54, 1.807) is 0 Å². The summed E-state index contributed by atoms with van der Waals surface area (Å²) in [7, 11) is 0. The van der Waals surface area contributed by atoms with Crippen LogP contribution in [0.25, 0.3) is 0 Å². The third-order valence-corrected chi connectivity index (χ3v) is 3.73. The van der Waals surface area contributed by atoms with Crippen molar-refractivity contribution >= 4 is 11.5 Å². The Bertz CT molecular complexity index is 382. The monoisotopic (exact) mass is 203 g/mol. The van der Waals surface area contributed by atoms with Crippen molar-refractivity contribution < 1.29 is 0 Å². The molecule has 0 saturated heterocycles. The largest absolute Gasteiger partial charge is 0.381 e. The van der Waals surface area contributed by atoms with Gasteiger partial charge in [-0.15, -0.1) is 0 Å². The summed E-state index contributed by atoms with van der Waals surface area (Å²) in [6, 6.07) is 4.19. The minimum atomic E-state index is 0.495. The fraction of sp³-hybridized carbons (Fsp3) is 0.583. The summed E-state index contributed by atoms with van der Waals surface area (Å²) in [6.07, 6.45) is 4.08. The number of hydrogen-bond donors (Lipinski definition) is 2. The molecule has 1 aliphatic heterocycles. The molecule has 2 N–H and O–H groups in total. The summed E-state index contributed by atoms with van der Waals surface area (Å²) >= 11 is 0. The van der Waals surface area contributed by atoms with Crippen LogP contribution in [0.3, 0.4) is 0 Å². The van der Waals surface area contributed by atoms with E-state index in [2.05, 4.69) is 27.8 Å². The second-order valence-corrected chi connectivity index (χ2v) is 4.91. The Morgan fingerprint density at radius 1 is 1.20 bits per heavy atom. The Balaban J connectivity index is 1.88. The number of rotatable bonds is 0. The predicted molar refractivity (Wildman–Crippen MR) is 62.2 cm³/mol. The average molecular weight is 203 g/mol. The molecule has 0 radical (unpaired) electrons. The van der Waals surface area contributed by atoms with Gasteiger partial charge in [-0.3, -0.25) is 0 Å². The number of aromatic nitrogens is 1. The third-order valence-electron chi connectivity index (χ3n) is 3.73. The number of anilines is 2. The van der Waals surface area contributed by atoms with Gasteiger partial charge in [-0.1, -0.05) is 6.42 Å². The minimum absolute atomic E-state index is 0.495. The fourth-order valence-electron chi connectivity index (χ4n) is 2.48. The van der Waals surface area contributed by atoms with E-state index in [-0.39, 0.29) is 0 Å². The minimum Gasteiger partial charge on any atom is -0.381 e. The van der Waals surface area contributed by atoms with Crippen LogP contribution < -0.4 is 10.6 Å². The van der Waals surface area contributed by atoms with Crippen molar-refractivity contribution in [2.45, 2.75) is 26.2 Å². The first-order chi connectivity index (χ1) is 7.27. The van der Waals surface area contributed by atoms with E-state index in [1.807, 2.05) is 6.92 Å². The summed E-state index contributed by atoms with van der Waals surface area (Å²) in [6.45, 7) is 4.20. The van der Waals surface area contributed by atoms with E-state index in [0.29, 0.717) is 5.41 Å². The lowest BCUT2D eigenvalue weighted by Gasteiger charge is -2.40. The maximum Gasteiger partial charge on any atom is 0.149 e. The number of aryl methyl sites for hydroxylation is 1. The zero-order valence-electron chi connectivity index (χ0n) is 9.14. The van der Waals surface area contributed by atoms with Gasteiger partial charge in [-0.05, 0) is 31.9 Å². The molecular weight excluding hydrogens is 186 g/mol. The summed E-state index contributed by atoms with van der Waals surface area (Å²) in [5.41, 5.74) is 2.73. The van der Waals surface area contributed by atoms with E-state index in [1.165, 1.54) is 19.3 Å². The van der Waals surface area contributed by atoms with E-state index in [0.717, 1.165) is 30.3 Å². The van der Waals surface area contributed by atoms with Crippen molar-refractivity contribution in [2.75, 3.05) is 23.7 Å². The maximum atomic E-state index is 4.52. The summed E-state index contributed by atoms with van der Waals surface area (Å²) in [4.78, 5) is 4.52. The van der Waals surface area contributed by atoms with Crippen molar-refractivity contribution in [3.8, 4) is 0 Å². The van der Waals surface area contributed by atoms with Gasteiger partial charge in [0.2, 0.25) is 0 Å². The van der Waals surface area contributed by atoms with Gasteiger partial charge in [0.25, 0.3) is 0 Å². The molecule has 1 aromatic heterocycles. The van der Waals surface area contributed by atoms with E-state index < -0.39 is 0 Å². The highest BCUT2D eigenvalue weighted by molar-refractivity contribution is 5.65. The van der Waals surface area contributed by atoms with E-state index in [9.17, 15) is 0 Å². The van der Waals surface area contributed by atoms with Crippen LogP contribution >= 0.6 is 0 Å². The zero-order chi connectivity index (χ0) is 10.3. The van der Waals surface area contributed by atoms with Crippen LogP contribution in [0.15, 0.2) is 12.1 Å². The summed E-state index contributed by atoms with van der Waals surface area (Å²) < 4.78 is 0. The molecule has 80 valence electrons. The van der Waals surface area contributed by atoms with Gasteiger partial charge in [0.05, 0.1) is 5.69 Å². The Kier molecular flexibility index (Phi) is 1.87. The number of nitrogens with one attached hydrogen (secondary N) is 2. The number of hydrogen-bond acceptors (Lipinski definition) is 3. The molecule has 2 heterocycles. The first-order valence-electron chi connectivity index (χ1n) is 5.73. The van der Waals surface area contributed by atoms with Crippen molar-refractivity contribution in [1.29, 1.82) is 0 Å². The van der Waals surface area contributed by atoms with Crippen molar-refractivity contribution in [2.24, 2.45) is 5.41 Å². The van der Waals surface area contributed by atoms with Gasteiger partial charge in [0.15, 0.2) is 0 Å². The van der Waals surface area contributed by atoms with E-state index in [4.69, 9.17) is 0 Å². The molecule has 1 aliphatic carbocycles. The van der Waals surface area contributed by atoms with Gasteiger partial charge in [-0.25, -0.2) is 4.98 Å². The molecule has 0 bridgehead atoms. The van der Waals surface area contributed by atoms with Gasteiger partial charge < -0.3 is 10.6 Å². The van der Waals surface area contributed by atoms with Gasteiger partial charge >= 0.3 is 0 Å². The fourth-order valence-corrected chi connectivity index (χ4v) is 2.48. The molecule has 3 heteroatoms. The SMILES string of the molecule is Cc1ccc2c(n1)NCC1(CCC1)CN2. The molecule has 0 aromatic carbocycles. The maximum absolute atomic E-state index is 4.52. The highest BCUT2D eigenvalue weighted by Crippen LogP contribution is 2.43. The van der Waals surface area contributed by atoms with Crippen LogP contribution in [-0.4, -0.2) is 18.1 Å². The first kappa shape index (κ1) is 9.01. The van der Waals surface area contributed by atoms with Gasteiger partial charge in [-0.2, -0.15) is 0 Å².